The number of halogens is 1. The first kappa shape index (κ1) is 29.4. The first-order valence-electron chi connectivity index (χ1n) is 12.2. The van der Waals surface area contributed by atoms with Crippen LogP contribution in [0, 0.1) is 5.82 Å². The minimum atomic E-state index is -0.306. The van der Waals surface area contributed by atoms with Gasteiger partial charge in [-0.1, -0.05) is 39.8 Å². The Hall–Kier alpha value is -2.61. The molecule has 0 aromatic heterocycles. The Kier molecular flexibility index (Phi) is 13.9. The second kappa shape index (κ2) is 16.1. The number of carbonyl (C=O) groups is 2. The maximum atomic E-state index is 13.5. The van der Waals surface area contributed by atoms with Crippen molar-refractivity contribution in [1.29, 1.82) is 0 Å². The monoisotopic (exact) mass is 479 g/mol. The Labute approximate surface area is 204 Å². The molecule has 1 atom stereocenters. The predicted octanol–water partition coefficient (Wildman–Crippen LogP) is 4.53. The van der Waals surface area contributed by atoms with Crippen LogP contribution >= 0.6 is 0 Å². The lowest BCUT2D eigenvalue weighted by molar-refractivity contribution is -0.117. The second-order valence-corrected chi connectivity index (χ2v) is 8.32. The van der Waals surface area contributed by atoms with Crippen LogP contribution in [0.2, 0.25) is 0 Å². The summed E-state index contributed by atoms with van der Waals surface area (Å²) in [6, 6.07) is 4.68. The van der Waals surface area contributed by atoms with Crippen LogP contribution in [0.1, 0.15) is 52.5 Å². The zero-order valence-electron chi connectivity index (χ0n) is 21.5. The highest BCUT2D eigenvalue weighted by Gasteiger charge is 2.28. The Bertz CT molecular complexity index is 752. The van der Waals surface area contributed by atoms with Gasteiger partial charge in [0.1, 0.15) is 24.3 Å². The number of rotatable bonds is 7. The Morgan fingerprint density at radius 1 is 1.21 bits per heavy atom. The fraction of sp³-hybridized carbons (Fsp3) is 0.615. The molecule has 3 rings (SSSR count). The van der Waals surface area contributed by atoms with Crippen molar-refractivity contribution in [1.82, 2.24) is 14.7 Å². The van der Waals surface area contributed by atoms with E-state index in [1.165, 1.54) is 12.1 Å². The number of piperazine rings is 1. The van der Waals surface area contributed by atoms with Crippen molar-refractivity contribution in [2.75, 3.05) is 52.4 Å². The maximum absolute atomic E-state index is 13.5. The fourth-order valence-corrected chi connectivity index (χ4v) is 3.71. The summed E-state index contributed by atoms with van der Waals surface area (Å²) < 4.78 is 24.9. The van der Waals surface area contributed by atoms with E-state index in [1.807, 2.05) is 20.8 Å². The molecule has 2 heterocycles. The average Bonchev–Trinajstić information content (AvgIpc) is 3.29. The van der Waals surface area contributed by atoms with Gasteiger partial charge in [-0.05, 0) is 24.5 Å². The van der Waals surface area contributed by atoms with Gasteiger partial charge in [-0.3, -0.25) is 9.69 Å². The molecular formula is C26H42FN3O4. The molecule has 34 heavy (non-hydrogen) atoms. The van der Waals surface area contributed by atoms with Crippen molar-refractivity contribution >= 4 is 12.5 Å². The second-order valence-electron chi connectivity index (χ2n) is 8.32. The van der Waals surface area contributed by atoms with Gasteiger partial charge in [0.2, 0.25) is 6.41 Å². The number of benzene rings is 1. The number of likely N-dealkylation sites (tertiary alicyclic amines) is 1. The first-order valence-corrected chi connectivity index (χ1v) is 12.2. The molecule has 0 spiro atoms. The van der Waals surface area contributed by atoms with E-state index in [-0.39, 0.29) is 23.9 Å². The highest BCUT2D eigenvalue weighted by Crippen LogP contribution is 2.27. The molecule has 2 aliphatic heterocycles. The Morgan fingerprint density at radius 3 is 2.41 bits per heavy atom. The van der Waals surface area contributed by atoms with E-state index in [0.29, 0.717) is 51.5 Å². The SMILES string of the molecule is C=CC.CC.CC(C)c1ccc(F)cc1OCCN1CCN(C(=O)OC2CCN(C=O)C2)CC1. The normalized spacial score (nSPS) is 17.8. The number of amides is 2. The molecule has 0 saturated carbocycles. The molecule has 1 aromatic carbocycles. The van der Waals surface area contributed by atoms with Crippen molar-refractivity contribution < 1.29 is 23.5 Å². The van der Waals surface area contributed by atoms with Gasteiger partial charge in [0.25, 0.3) is 0 Å². The summed E-state index contributed by atoms with van der Waals surface area (Å²) in [5, 5.41) is 0. The smallest absolute Gasteiger partial charge is 0.410 e. The molecule has 0 N–H and O–H groups in total. The number of hydrogen-bond donors (Lipinski definition) is 0. The summed E-state index contributed by atoms with van der Waals surface area (Å²) in [6.45, 7) is 18.3. The molecule has 2 aliphatic rings. The van der Waals surface area contributed by atoms with Crippen LogP contribution in [0.3, 0.4) is 0 Å². The standard InChI is InChI=1S/C21H30FN3O4.C3H6.C2H6/c1-16(2)19-4-3-17(22)13-20(19)28-12-11-23-7-9-25(10-8-23)21(27)29-18-5-6-24(14-18)15-26;1-3-2;1-2/h3-4,13,15-16,18H,5-12,14H2,1-2H3;3H,1H2,2H3;1-2H3. The third-order valence-corrected chi connectivity index (χ3v) is 5.49. The molecule has 7 nitrogen and oxygen atoms in total. The molecule has 2 amide bonds. The van der Waals surface area contributed by atoms with Crippen LogP contribution in [0.25, 0.3) is 0 Å². The highest BCUT2D eigenvalue weighted by atomic mass is 19.1. The lowest BCUT2D eigenvalue weighted by Gasteiger charge is -2.34. The topological polar surface area (TPSA) is 62.3 Å². The van der Waals surface area contributed by atoms with Crippen molar-refractivity contribution in [3.63, 3.8) is 0 Å². The molecule has 2 saturated heterocycles. The van der Waals surface area contributed by atoms with Crippen LogP contribution in [0.5, 0.6) is 5.75 Å². The number of hydrogen-bond acceptors (Lipinski definition) is 5. The lowest BCUT2D eigenvalue weighted by Crippen LogP contribution is -2.50. The van der Waals surface area contributed by atoms with Crippen molar-refractivity contribution in [3.05, 3.63) is 42.2 Å². The van der Waals surface area contributed by atoms with Crippen LogP contribution < -0.4 is 4.74 Å². The van der Waals surface area contributed by atoms with Gasteiger partial charge in [0, 0.05) is 51.8 Å². The zero-order chi connectivity index (χ0) is 25.5. The van der Waals surface area contributed by atoms with Gasteiger partial charge in [0.15, 0.2) is 0 Å². The van der Waals surface area contributed by atoms with Gasteiger partial charge < -0.3 is 19.3 Å². The van der Waals surface area contributed by atoms with E-state index in [2.05, 4.69) is 25.3 Å². The van der Waals surface area contributed by atoms with E-state index in [1.54, 1.807) is 21.9 Å². The van der Waals surface area contributed by atoms with Crippen LogP contribution in [-0.2, 0) is 9.53 Å². The maximum Gasteiger partial charge on any atom is 0.410 e. The van der Waals surface area contributed by atoms with Crippen molar-refractivity contribution in [2.24, 2.45) is 0 Å². The summed E-state index contributed by atoms with van der Waals surface area (Å²) in [5.74, 6) is 0.567. The molecule has 192 valence electrons. The fourth-order valence-electron chi connectivity index (χ4n) is 3.71. The zero-order valence-corrected chi connectivity index (χ0v) is 21.5. The molecule has 0 aliphatic carbocycles. The van der Waals surface area contributed by atoms with Crippen LogP contribution in [-0.4, -0.2) is 85.7 Å². The summed E-state index contributed by atoms with van der Waals surface area (Å²) in [6.07, 6.45) is 2.73. The third-order valence-electron chi connectivity index (χ3n) is 5.49. The minimum absolute atomic E-state index is 0.208. The van der Waals surface area contributed by atoms with Crippen molar-refractivity contribution in [2.45, 2.75) is 53.1 Å². The van der Waals surface area contributed by atoms with E-state index >= 15 is 0 Å². The van der Waals surface area contributed by atoms with Gasteiger partial charge in [-0.2, -0.15) is 0 Å². The predicted molar refractivity (Wildman–Crippen MR) is 134 cm³/mol. The quantitative estimate of drug-likeness (QED) is 0.425. The number of allylic oxidation sites excluding steroid dienone is 1. The number of ether oxygens (including phenoxy) is 2. The van der Waals surface area contributed by atoms with Gasteiger partial charge in [-0.15, -0.1) is 6.58 Å². The Morgan fingerprint density at radius 2 is 1.85 bits per heavy atom. The van der Waals surface area contributed by atoms with Gasteiger partial charge >= 0.3 is 6.09 Å². The molecule has 2 fully saturated rings. The van der Waals surface area contributed by atoms with E-state index < -0.39 is 0 Å². The number of nitrogens with zero attached hydrogens (tertiary/aromatic N) is 3. The van der Waals surface area contributed by atoms with Crippen LogP contribution in [0.4, 0.5) is 9.18 Å². The lowest BCUT2D eigenvalue weighted by atomic mass is 10.0. The number of carbonyl (C=O) groups excluding carboxylic acids is 2. The summed E-state index contributed by atoms with van der Waals surface area (Å²) in [5.41, 5.74) is 0.999. The van der Waals surface area contributed by atoms with Crippen molar-refractivity contribution in [3.8, 4) is 5.75 Å². The molecule has 0 bridgehead atoms. The van der Waals surface area contributed by atoms with E-state index in [0.717, 1.165) is 25.1 Å². The van der Waals surface area contributed by atoms with E-state index in [9.17, 15) is 14.0 Å². The van der Waals surface area contributed by atoms with E-state index in [4.69, 9.17) is 9.47 Å². The largest absolute Gasteiger partial charge is 0.492 e. The molecule has 8 heteroatoms. The summed E-state index contributed by atoms with van der Waals surface area (Å²) in [4.78, 5) is 28.6. The molecule has 1 unspecified atom stereocenters. The minimum Gasteiger partial charge on any atom is -0.492 e. The Balaban J connectivity index is 0.00000107. The average molecular weight is 480 g/mol. The molecular weight excluding hydrogens is 437 g/mol. The van der Waals surface area contributed by atoms with Gasteiger partial charge in [0.05, 0.1) is 6.54 Å². The third kappa shape index (κ3) is 9.71. The first-order chi connectivity index (χ1) is 16.4. The van der Waals surface area contributed by atoms with Gasteiger partial charge in [-0.25, -0.2) is 9.18 Å². The summed E-state index contributed by atoms with van der Waals surface area (Å²) >= 11 is 0. The molecule has 0 radical (unpaired) electrons. The highest BCUT2D eigenvalue weighted by molar-refractivity contribution is 5.68. The van der Waals surface area contributed by atoms with Crippen LogP contribution in [0.15, 0.2) is 30.9 Å². The molecule has 1 aromatic rings. The summed E-state index contributed by atoms with van der Waals surface area (Å²) in [7, 11) is 0.